The maximum absolute atomic E-state index is 6.00. The van der Waals surface area contributed by atoms with E-state index >= 15 is 0 Å². The van der Waals surface area contributed by atoms with Crippen molar-refractivity contribution in [2.45, 2.75) is 0 Å². The molecule has 0 aromatic heterocycles. The van der Waals surface area contributed by atoms with E-state index in [2.05, 4.69) is 4.99 Å². The number of para-hydroxylation sites is 1. The van der Waals surface area contributed by atoms with Gasteiger partial charge in [-0.05, 0) is 17.7 Å². The molecule has 0 aliphatic carbocycles. The Morgan fingerprint density at radius 2 is 1.44 bits per heavy atom. The summed E-state index contributed by atoms with van der Waals surface area (Å²) in [5, 5.41) is 1.11. The number of rotatable bonds is 2. The Morgan fingerprint density at radius 1 is 0.812 bits per heavy atom. The van der Waals surface area contributed by atoms with Crippen molar-refractivity contribution in [2.75, 3.05) is 0 Å². The number of aliphatic imine (C=N–C) groups is 1. The van der Waals surface area contributed by atoms with Gasteiger partial charge in [0.2, 0.25) is 0 Å². The van der Waals surface area contributed by atoms with Gasteiger partial charge in [0.05, 0.1) is 10.0 Å². The monoisotopic (exact) mass is 249 g/mol. The fourth-order valence-electron chi connectivity index (χ4n) is 1.29. The van der Waals surface area contributed by atoms with E-state index in [9.17, 15) is 0 Å². The Morgan fingerprint density at radius 3 is 2.06 bits per heavy atom. The van der Waals surface area contributed by atoms with Gasteiger partial charge in [0.1, 0.15) is 5.69 Å². The highest BCUT2D eigenvalue weighted by atomic mass is 35.5. The lowest BCUT2D eigenvalue weighted by atomic mass is 10.2. The number of halogens is 2. The lowest BCUT2D eigenvalue weighted by Crippen LogP contribution is -1.79. The molecule has 0 bridgehead atoms. The summed E-state index contributed by atoms with van der Waals surface area (Å²) >= 11 is 12.0. The predicted molar refractivity (Wildman–Crippen MR) is 70.2 cm³/mol. The number of nitrogens with zero attached hydrogens (tertiary/aromatic N) is 1. The first kappa shape index (κ1) is 11.2. The summed E-state index contributed by atoms with van der Waals surface area (Å²) in [4.78, 5) is 4.29. The van der Waals surface area contributed by atoms with Crippen molar-refractivity contribution >= 4 is 35.1 Å². The zero-order valence-corrected chi connectivity index (χ0v) is 9.91. The van der Waals surface area contributed by atoms with Crippen molar-refractivity contribution in [3.63, 3.8) is 0 Å². The third-order valence-corrected chi connectivity index (χ3v) is 2.69. The summed E-state index contributed by atoms with van der Waals surface area (Å²) in [6.07, 6.45) is 1.74. The lowest BCUT2D eigenvalue weighted by molar-refractivity contribution is 1.52. The van der Waals surface area contributed by atoms with E-state index in [1.807, 2.05) is 30.3 Å². The average molecular weight is 250 g/mol. The Hall–Kier alpha value is -1.31. The molecule has 0 saturated carbocycles. The van der Waals surface area contributed by atoms with Gasteiger partial charge in [-0.1, -0.05) is 59.6 Å². The smallest absolute Gasteiger partial charge is 0.100 e. The summed E-state index contributed by atoms with van der Waals surface area (Å²) in [6, 6.07) is 15.1. The highest BCUT2D eigenvalue weighted by Crippen LogP contribution is 2.32. The minimum atomic E-state index is 0.555. The van der Waals surface area contributed by atoms with Crippen molar-refractivity contribution in [1.82, 2.24) is 0 Å². The first-order valence-electron chi connectivity index (χ1n) is 4.80. The molecule has 0 spiro atoms. The van der Waals surface area contributed by atoms with E-state index in [-0.39, 0.29) is 0 Å². The number of hydrogen-bond donors (Lipinski definition) is 0. The Bertz CT molecular complexity index is 486. The van der Waals surface area contributed by atoms with Gasteiger partial charge in [-0.15, -0.1) is 0 Å². The fourth-order valence-corrected chi connectivity index (χ4v) is 1.79. The Balaban J connectivity index is 2.31. The molecule has 2 aromatic rings. The second kappa shape index (κ2) is 5.15. The van der Waals surface area contributed by atoms with Crippen molar-refractivity contribution in [3.8, 4) is 0 Å². The molecule has 1 nitrogen and oxygen atoms in total. The Labute approximate surface area is 104 Å². The van der Waals surface area contributed by atoms with Crippen LogP contribution in [0.5, 0.6) is 0 Å². The van der Waals surface area contributed by atoms with Gasteiger partial charge in [0.15, 0.2) is 0 Å². The van der Waals surface area contributed by atoms with Gasteiger partial charge in [-0.25, -0.2) is 0 Å². The molecule has 2 aromatic carbocycles. The SMILES string of the molecule is Clc1cccc(Cl)c1N=Cc1ccccc1. The van der Waals surface area contributed by atoms with Crippen LogP contribution >= 0.6 is 23.2 Å². The highest BCUT2D eigenvalue weighted by molar-refractivity contribution is 6.38. The zero-order chi connectivity index (χ0) is 11.4. The summed E-state index contributed by atoms with van der Waals surface area (Å²) in [7, 11) is 0. The van der Waals surface area contributed by atoms with Crippen molar-refractivity contribution in [2.24, 2.45) is 4.99 Å². The van der Waals surface area contributed by atoms with E-state index < -0.39 is 0 Å². The molecular weight excluding hydrogens is 241 g/mol. The molecule has 0 N–H and O–H groups in total. The van der Waals surface area contributed by atoms with E-state index in [1.165, 1.54) is 0 Å². The van der Waals surface area contributed by atoms with Gasteiger partial charge in [0.25, 0.3) is 0 Å². The van der Waals surface area contributed by atoms with E-state index in [0.717, 1.165) is 5.56 Å². The maximum atomic E-state index is 6.00. The summed E-state index contributed by atoms with van der Waals surface area (Å²) in [6.45, 7) is 0. The first-order chi connectivity index (χ1) is 7.77. The van der Waals surface area contributed by atoms with Crippen LogP contribution in [0, 0.1) is 0 Å². The third kappa shape index (κ3) is 2.63. The van der Waals surface area contributed by atoms with Gasteiger partial charge in [-0.3, -0.25) is 4.99 Å². The second-order valence-corrected chi connectivity index (χ2v) is 4.05. The van der Waals surface area contributed by atoms with Crippen LogP contribution in [0.4, 0.5) is 5.69 Å². The molecule has 3 heteroatoms. The molecule has 16 heavy (non-hydrogen) atoms. The van der Waals surface area contributed by atoms with E-state index in [0.29, 0.717) is 15.7 Å². The number of benzene rings is 2. The van der Waals surface area contributed by atoms with Gasteiger partial charge < -0.3 is 0 Å². The molecule has 2 rings (SSSR count). The molecule has 0 heterocycles. The quantitative estimate of drug-likeness (QED) is 0.682. The van der Waals surface area contributed by atoms with Crippen molar-refractivity contribution < 1.29 is 0 Å². The van der Waals surface area contributed by atoms with E-state index in [1.54, 1.807) is 24.4 Å². The summed E-state index contributed by atoms with van der Waals surface area (Å²) in [5.41, 5.74) is 1.62. The molecular formula is C13H9Cl2N. The normalized spacial score (nSPS) is 10.9. The molecule has 0 atom stereocenters. The van der Waals surface area contributed by atoms with Crippen molar-refractivity contribution in [3.05, 3.63) is 64.1 Å². The van der Waals surface area contributed by atoms with Crippen LogP contribution < -0.4 is 0 Å². The van der Waals surface area contributed by atoms with Crippen LogP contribution in [0.25, 0.3) is 0 Å². The van der Waals surface area contributed by atoms with Gasteiger partial charge in [-0.2, -0.15) is 0 Å². The molecule has 0 saturated heterocycles. The fraction of sp³-hybridized carbons (Fsp3) is 0. The van der Waals surface area contributed by atoms with Crippen LogP contribution in [0.15, 0.2) is 53.5 Å². The Kier molecular flexibility index (Phi) is 3.60. The second-order valence-electron chi connectivity index (χ2n) is 3.24. The summed E-state index contributed by atoms with van der Waals surface area (Å²) in [5.74, 6) is 0. The molecule has 80 valence electrons. The predicted octanol–water partition coefficient (Wildman–Crippen LogP) is 4.74. The van der Waals surface area contributed by atoms with Crippen LogP contribution in [0.2, 0.25) is 10.0 Å². The van der Waals surface area contributed by atoms with Crippen molar-refractivity contribution in [1.29, 1.82) is 0 Å². The lowest BCUT2D eigenvalue weighted by Gasteiger charge is -1.99. The third-order valence-electron chi connectivity index (χ3n) is 2.08. The molecule has 0 aliphatic rings. The zero-order valence-electron chi connectivity index (χ0n) is 8.40. The van der Waals surface area contributed by atoms with Crippen LogP contribution in [-0.4, -0.2) is 6.21 Å². The molecule has 0 fully saturated rings. The molecule has 0 aliphatic heterocycles. The molecule has 0 amide bonds. The molecule has 0 unspecified atom stereocenters. The minimum Gasteiger partial charge on any atom is -0.253 e. The largest absolute Gasteiger partial charge is 0.253 e. The maximum Gasteiger partial charge on any atom is 0.100 e. The topological polar surface area (TPSA) is 12.4 Å². The van der Waals surface area contributed by atoms with Gasteiger partial charge in [0, 0.05) is 6.21 Å². The van der Waals surface area contributed by atoms with Gasteiger partial charge >= 0.3 is 0 Å². The molecule has 0 radical (unpaired) electrons. The van der Waals surface area contributed by atoms with Crippen LogP contribution in [0.1, 0.15) is 5.56 Å². The average Bonchev–Trinajstić information content (AvgIpc) is 2.30. The standard InChI is InChI=1S/C13H9Cl2N/c14-11-7-4-8-12(15)13(11)16-9-10-5-2-1-3-6-10/h1-9H. The number of hydrogen-bond acceptors (Lipinski definition) is 1. The highest BCUT2D eigenvalue weighted by Gasteiger charge is 2.01. The summed E-state index contributed by atoms with van der Waals surface area (Å²) < 4.78 is 0. The minimum absolute atomic E-state index is 0.555. The van der Waals surface area contributed by atoms with Crippen LogP contribution in [0.3, 0.4) is 0 Å². The van der Waals surface area contributed by atoms with Crippen LogP contribution in [-0.2, 0) is 0 Å². The first-order valence-corrected chi connectivity index (χ1v) is 5.56. The van der Waals surface area contributed by atoms with E-state index in [4.69, 9.17) is 23.2 Å².